The van der Waals surface area contributed by atoms with Gasteiger partial charge < -0.3 is 9.84 Å². The maximum atomic E-state index is 9.35. The van der Waals surface area contributed by atoms with E-state index in [-0.39, 0.29) is 0 Å². The normalized spacial score (nSPS) is 11.6. The lowest BCUT2D eigenvalue weighted by Crippen LogP contribution is -2.06. The highest BCUT2D eigenvalue weighted by molar-refractivity contribution is 5.33. The minimum Gasteiger partial charge on any atom is -0.457 e. The topological polar surface area (TPSA) is 29.5 Å². The molecule has 0 bridgehead atoms. The first kappa shape index (κ1) is 12.2. The maximum Gasteiger partial charge on any atom is 0.127 e. The third kappa shape index (κ3) is 3.38. The quantitative estimate of drug-likeness (QED) is 0.830. The summed E-state index contributed by atoms with van der Waals surface area (Å²) < 4.78 is 5.66. The molecule has 0 aliphatic carbocycles. The summed E-state index contributed by atoms with van der Waals surface area (Å²) in [6, 6.07) is 17.1. The highest BCUT2D eigenvalue weighted by Gasteiger charge is 2.02. The van der Waals surface area contributed by atoms with Crippen LogP contribution in [0.5, 0.6) is 11.5 Å². The van der Waals surface area contributed by atoms with Crippen molar-refractivity contribution < 1.29 is 9.84 Å². The van der Waals surface area contributed by atoms with Crippen molar-refractivity contribution in [1.29, 1.82) is 0 Å². The largest absolute Gasteiger partial charge is 0.457 e. The molecule has 0 aliphatic heterocycles. The molecule has 2 aromatic rings. The summed E-state index contributed by atoms with van der Waals surface area (Å²) in [5.74, 6) is 3.86. The van der Waals surface area contributed by atoms with Crippen molar-refractivity contribution in [1.82, 2.24) is 0 Å². The molecule has 1 unspecified atom stereocenters. The van der Waals surface area contributed by atoms with Crippen LogP contribution in [0.2, 0.25) is 0 Å². The van der Waals surface area contributed by atoms with Crippen LogP contribution in [0.3, 0.4) is 0 Å². The third-order valence-electron chi connectivity index (χ3n) is 2.52. The van der Waals surface area contributed by atoms with Crippen LogP contribution in [0.15, 0.2) is 54.6 Å². The van der Waals surface area contributed by atoms with Crippen molar-refractivity contribution >= 4 is 0 Å². The molecule has 0 aromatic heterocycles. The highest BCUT2D eigenvalue weighted by atomic mass is 16.5. The average molecular weight is 238 g/mol. The van der Waals surface area contributed by atoms with E-state index in [9.17, 15) is 5.11 Å². The van der Waals surface area contributed by atoms with E-state index < -0.39 is 6.10 Å². The Morgan fingerprint density at radius 1 is 1.00 bits per heavy atom. The lowest BCUT2D eigenvalue weighted by Gasteiger charge is -2.07. The number of aliphatic hydroxyl groups is 1. The van der Waals surface area contributed by atoms with E-state index in [1.807, 2.05) is 54.6 Å². The van der Waals surface area contributed by atoms with Crippen LogP contribution in [-0.2, 0) is 6.42 Å². The van der Waals surface area contributed by atoms with E-state index in [2.05, 4.69) is 5.92 Å². The number of para-hydroxylation sites is 1. The molecule has 0 heterocycles. The second kappa shape index (κ2) is 5.90. The van der Waals surface area contributed by atoms with Crippen molar-refractivity contribution in [3.05, 3.63) is 60.2 Å². The molecule has 1 N–H and O–H groups in total. The molecule has 0 saturated carbocycles. The van der Waals surface area contributed by atoms with Gasteiger partial charge in [0.25, 0.3) is 0 Å². The molecule has 0 aliphatic rings. The monoisotopic (exact) mass is 238 g/mol. The van der Waals surface area contributed by atoms with Gasteiger partial charge in [0, 0.05) is 6.42 Å². The van der Waals surface area contributed by atoms with Crippen molar-refractivity contribution in [3.8, 4) is 23.8 Å². The molecule has 0 radical (unpaired) electrons. The Bertz CT molecular complexity index is 523. The number of hydrogen-bond donors (Lipinski definition) is 1. The summed E-state index contributed by atoms with van der Waals surface area (Å²) >= 11 is 0. The number of ether oxygens (including phenoxy) is 1. The first-order chi connectivity index (χ1) is 8.78. The van der Waals surface area contributed by atoms with Gasteiger partial charge in [-0.1, -0.05) is 36.3 Å². The molecule has 0 spiro atoms. The van der Waals surface area contributed by atoms with Gasteiger partial charge in [0.1, 0.15) is 17.6 Å². The van der Waals surface area contributed by atoms with E-state index in [1.54, 1.807) is 0 Å². The molecule has 0 saturated heterocycles. The lowest BCUT2D eigenvalue weighted by atomic mass is 10.1. The molecule has 2 nitrogen and oxygen atoms in total. The fourth-order valence-electron chi connectivity index (χ4n) is 1.60. The molecule has 2 aromatic carbocycles. The maximum absolute atomic E-state index is 9.35. The predicted octanol–water partition coefficient (Wildman–Crippen LogP) is 3.02. The number of benzene rings is 2. The number of terminal acetylenes is 1. The van der Waals surface area contributed by atoms with Gasteiger partial charge in [-0.05, 0) is 29.8 Å². The van der Waals surface area contributed by atoms with E-state index in [0.717, 1.165) is 17.1 Å². The smallest absolute Gasteiger partial charge is 0.127 e. The standard InChI is InChI=1S/C16H14O2/c1-2-14(17)12-13-8-10-16(11-9-13)18-15-6-4-3-5-7-15/h1,3-11,14,17H,12H2. The molecule has 1 atom stereocenters. The van der Waals surface area contributed by atoms with E-state index in [4.69, 9.17) is 11.2 Å². The highest BCUT2D eigenvalue weighted by Crippen LogP contribution is 2.21. The Morgan fingerprint density at radius 2 is 1.61 bits per heavy atom. The van der Waals surface area contributed by atoms with Crippen molar-refractivity contribution in [2.24, 2.45) is 0 Å². The molecule has 0 amide bonds. The third-order valence-corrected chi connectivity index (χ3v) is 2.52. The summed E-state index contributed by atoms with van der Waals surface area (Å²) in [6.45, 7) is 0. The van der Waals surface area contributed by atoms with Gasteiger partial charge in [0.05, 0.1) is 0 Å². The van der Waals surface area contributed by atoms with E-state index in [1.165, 1.54) is 0 Å². The van der Waals surface area contributed by atoms with Crippen molar-refractivity contribution in [2.45, 2.75) is 12.5 Å². The minimum atomic E-state index is -0.731. The van der Waals surface area contributed by atoms with E-state index in [0.29, 0.717) is 6.42 Å². The molecule has 18 heavy (non-hydrogen) atoms. The summed E-state index contributed by atoms with van der Waals surface area (Å²) in [6.07, 6.45) is 4.86. The Morgan fingerprint density at radius 3 is 2.22 bits per heavy atom. The fraction of sp³-hybridized carbons (Fsp3) is 0.125. The molecule has 2 rings (SSSR count). The molecular weight excluding hydrogens is 224 g/mol. The lowest BCUT2D eigenvalue weighted by molar-refractivity contribution is 0.233. The summed E-state index contributed by atoms with van der Waals surface area (Å²) in [4.78, 5) is 0. The van der Waals surface area contributed by atoms with Gasteiger partial charge in [-0.3, -0.25) is 0 Å². The summed E-state index contributed by atoms with van der Waals surface area (Å²) in [5, 5.41) is 9.35. The molecule has 90 valence electrons. The van der Waals surface area contributed by atoms with Crippen LogP contribution in [0, 0.1) is 12.3 Å². The van der Waals surface area contributed by atoms with E-state index >= 15 is 0 Å². The fourth-order valence-corrected chi connectivity index (χ4v) is 1.60. The van der Waals surface area contributed by atoms with Crippen LogP contribution in [0.1, 0.15) is 5.56 Å². The van der Waals surface area contributed by atoms with Crippen LogP contribution in [0.25, 0.3) is 0 Å². The molecule has 2 heteroatoms. The van der Waals surface area contributed by atoms with Crippen LogP contribution in [0.4, 0.5) is 0 Å². The number of aliphatic hydroxyl groups excluding tert-OH is 1. The first-order valence-electron chi connectivity index (χ1n) is 5.74. The number of hydrogen-bond acceptors (Lipinski definition) is 2. The second-order valence-electron chi connectivity index (χ2n) is 3.95. The van der Waals surface area contributed by atoms with Crippen LogP contribution >= 0.6 is 0 Å². The van der Waals surface area contributed by atoms with Gasteiger partial charge >= 0.3 is 0 Å². The zero-order valence-electron chi connectivity index (χ0n) is 9.91. The minimum absolute atomic E-state index is 0.460. The zero-order valence-corrected chi connectivity index (χ0v) is 9.91. The summed E-state index contributed by atoms with van der Waals surface area (Å²) in [5.41, 5.74) is 0.987. The van der Waals surface area contributed by atoms with Crippen molar-refractivity contribution in [2.75, 3.05) is 0 Å². The van der Waals surface area contributed by atoms with Gasteiger partial charge in [-0.2, -0.15) is 0 Å². The predicted molar refractivity (Wildman–Crippen MR) is 71.5 cm³/mol. The Kier molecular flexibility index (Phi) is 4.01. The van der Waals surface area contributed by atoms with Gasteiger partial charge in [0.15, 0.2) is 0 Å². The summed E-state index contributed by atoms with van der Waals surface area (Å²) in [7, 11) is 0. The zero-order chi connectivity index (χ0) is 12.8. The van der Waals surface area contributed by atoms with Crippen LogP contribution in [-0.4, -0.2) is 11.2 Å². The van der Waals surface area contributed by atoms with Crippen molar-refractivity contribution in [3.63, 3.8) is 0 Å². The molecular formula is C16H14O2. The second-order valence-corrected chi connectivity index (χ2v) is 3.95. The Hall–Kier alpha value is -2.24. The first-order valence-corrected chi connectivity index (χ1v) is 5.74. The average Bonchev–Trinajstić information content (AvgIpc) is 2.42. The van der Waals surface area contributed by atoms with Crippen LogP contribution < -0.4 is 4.74 Å². The van der Waals surface area contributed by atoms with Gasteiger partial charge in [0.2, 0.25) is 0 Å². The number of rotatable bonds is 4. The van der Waals surface area contributed by atoms with Gasteiger partial charge in [-0.15, -0.1) is 6.42 Å². The Balaban J connectivity index is 2.02. The Labute approximate surface area is 107 Å². The van der Waals surface area contributed by atoms with Gasteiger partial charge in [-0.25, -0.2) is 0 Å². The molecule has 0 fully saturated rings. The SMILES string of the molecule is C#CC(O)Cc1ccc(Oc2ccccc2)cc1.